The van der Waals surface area contributed by atoms with Crippen molar-refractivity contribution in [1.82, 2.24) is 10.3 Å². The lowest BCUT2D eigenvalue weighted by molar-refractivity contribution is -0.872. The van der Waals surface area contributed by atoms with Crippen LogP contribution >= 0.6 is 22.7 Å². The molecular formula is C19H22N3OS2+. The highest BCUT2D eigenvalue weighted by Crippen LogP contribution is 2.29. The van der Waals surface area contributed by atoms with Crippen molar-refractivity contribution in [3.63, 3.8) is 0 Å². The van der Waals surface area contributed by atoms with Crippen molar-refractivity contribution in [2.45, 2.75) is 20.0 Å². The highest BCUT2D eigenvalue weighted by Gasteiger charge is 2.16. The van der Waals surface area contributed by atoms with Crippen LogP contribution in [-0.4, -0.2) is 25.0 Å². The van der Waals surface area contributed by atoms with Gasteiger partial charge in [0.2, 0.25) is 0 Å². The Morgan fingerprint density at radius 2 is 1.96 bits per heavy atom. The van der Waals surface area contributed by atoms with E-state index in [1.165, 1.54) is 21.8 Å². The highest BCUT2D eigenvalue weighted by atomic mass is 32.1. The Morgan fingerprint density at radius 3 is 2.64 bits per heavy atom. The molecule has 0 saturated carbocycles. The van der Waals surface area contributed by atoms with Crippen molar-refractivity contribution < 1.29 is 9.69 Å². The average molecular weight is 373 g/mol. The molecule has 0 unspecified atom stereocenters. The minimum Gasteiger partial charge on any atom is -0.347 e. The SMILES string of the molecule is Cc1nc(-c2ccsc2)sc1C(=O)NCc1ccccc1C[NH+](C)C. The first kappa shape index (κ1) is 17.8. The summed E-state index contributed by atoms with van der Waals surface area (Å²) in [7, 11) is 4.25. The molecule has 0 fully saturated rings. The van der Waals surface area contributed by atoms with Gasteiger partial charge in [-0.05, 0) is 23.9 Å². The van der Waals surface area contributed by atoms with Crippen molar-refractivity contribution in [2.24, 2.45) is 0 Å². The van der Waals surface area contributed by atoms with Gasteiger partial charge in [0.1, 0.15) is 16.4 Å². The Labute approximate surface area is 156 Å². The zero-order valence-corrected chi connectivity index (χ0v) is 16.3. The van der Waals surface area contributed by atoms with Gasteiger partial charge in [-0.2, -0.15) is 11.3 Å². The molecule has 0 aliphatic heterocycles. The molecule has 0 aliphatic carbocycles. The number of amides is 1. The summed E-state index contributed by atoms with van der Waals surface area (Å²) in [6.45, 7) is 3.37. The number of hydrogen-bond acceptors (Lipinski definition) is 4. The third-order valence-corrected chi connectivity index (χ3v) is 5.76. The van der Waals surface area contributed by atoms with Crippen molar-refractivity contribution in [2.75, 3.05) is 14.1 Å². The zero-order valence-electron chi connectivity index (χ0n) is 14.6. The van der Waals surface area contributed by atoms with E-state index >= 15 is 0 Å². The van der Waals surface area contributed by atoms with E-state index in [-0.39, 0.29) is 5.91 Å². The predicted octanol–water partition coefficient (Wildman–Crippen LogP) is 2.75. The maximum atomic E-state index is 12.6. The van der Waals surface area contributed by atoms with Gasteiger partial charge in [-0.15, -0.1) is 11.3 Å². The van der Waals surface area contributed by atoms with Gasteiger partial charge in [0.15, 0.2) is 0 Å². The standard InChI is InChI=1S/C19H21N3OS2/c1-13-17(25-19(21-13)16-8-9-24-12-16)18(23)20-10-14-6-4-5-7-15(14)11-22(2)3/h4-9,12H,10-11H2,1-3H3,(H,20,23)/p+1. The summed E-state index contributed by atoms with van der Waals surface area (Å²) >= 11 is 3.09. The summed E-state index contributed by atoms with van der Waals surface area (Å²) in [6.07, 6.45) is 0. The number of thiazole rings is 1. The first-order valence-electron chi connectivity index (χ1n) is 8.18. The van der Waals surface area contributed by atoms with Crippen LogP contribution in [0.15, 0.2) is 41.1 Å². The third kappa shape index (κ3) is 4.34. The maximum absolute atomic E-state index is 12.6. The normalized spacial score (nSPS) is 11.0. The number of nitrogens with one attached hydrogen (secondary N) is 2. The van der Waals surface area contributed by atoms with Crippen LogP contribution in [0.2, 0.25) is 0 Å². The average Bonchev–Trinajstić information content (AvgIpc) is 3.22. The monoisotopic (exact) mass is 372 g/mol. The Hall–Kier alpha value is -2.02. The number of hydrogen-bond donors (Lipinski definition) is 2. The van der Waals surface area contributed by atoms with Crippen molar-refractivity contribution in [3.05, 3.63) is 62.8 Å². The second kappa shape index (κ2) is 7.91. The fourth-order valence-corrected chi connectivity index (χ4v) is 4.35. The summed E-state index contributed by atoms with van der Waals surface area (Å²) in [5.41, 5.74) is 4.30. The minimum atomic E-state index is -0.0523. The number of nitrogens with zero attached hydrogens (tertiary/aromatic N) is 1. The van der Waals surface area contributed by atoms with E-state index in [1.54, 1.807) is 11.3 Å². The van der Waals surface area contributed by atoms with Crippen molar-refractivity contribution in [3.8, 4) is 10.6 Å². The number of carbonyl (C=O) groups excluding carboxylic acids is 1. The van der Waals surface area contributed by atoms with Gasteiger partial charge in [-0.3, -0.25) is 4.79 Å². The van der Waals surface area contributed by atoms with E-state index in [1.807, 2.05) is 30.5 Å². The van der Waals surface area contributed by atoms with Gasteiger partial charge in [-0.25, -0.2) is 4.98 Å². The van der Waals surface area contributed by atoms with Crippen LogP contribution in [0, 0.1) is 6.92 Å². The Balaban J connectivity index is 1.72. The summed E-state index contributed by atoms with van der Waals surface area (Å²) in [6, 6.07) is 10.3. The smallest absolute Gasteiger partial charge is 0.263 e. The molecule has 4 nitrogen and oxygen atoms in total. The van der Waals surface area contributed by atoms with Crippen LogP contribution < -0.4 is 10.2 Å². The molecule has 3 rings (SSSR count). The van der Waals surface area contributed by atoms with E-state index < -0.39 is 0 Å². The van der Waals surface area contributed by atoms with E-state index in [0.29, 0.717) is 11.4 Å². The van der Waals surface area contributed by atoms with Crippen molar-refractivity contribution in [1.29, 1.82) is 0 Å². The van der Waals surface area contributed by atoms with E-state index in [9.17, 15) is 4.79 Å². The Morgan fingerprint density at radius 1 is 1.20 bits per heavy atom. The molecule has 0 bridgehead atoms. The third-order valence-electron chi connectivity index (χ3n) is 3.87. The molecule has 1 amide bonds. The number of aromatic nitrogens is 1. The van der Waals surface area contributed by atoms with E-state index in [4.69, 9.17) is 0 Å². The van der Waals surface area contributed by atoms with Crippen LogP contribution in [0.25, 0.3) is 10.6 Å². The van der Waals surface area contributed by atoms with Crippen molar-refractivity contribution >= 4 is 28.6 Å². The molecule has 2 aromatic heterocycles. The van der Waals surface area contributed by atoms with E-state index in [2.05, 4.69) is 41.9 Å². The molecule has 0 atom stereocenters. The number of carbonyl (C=O) groups is 1. The quantitative estimate of drug-likeness (QED) is 0.699. The summed E-state index contributed by atoms with van der Waals surface area (Å²) in [5.74, 6) is -0.0523. The van der Waals surface area contributed by atoms with Crippen LogP contribution in [-0.2, 0) is 13.1 Å². The van der Waals surface area contributed by atoms with Gasteiger partial charge >= 0.3 is 0 Å². The maximum Gasteiger partial charge on any atom is 0.263 e. The fraction of sp³-hybridized carbons (Fsp3) is 0.263. The van der Waals surface area contributed by atoms with Gasteiger partial charge in [0.25, 0.3) is 5.91 Å². The predicted molar refractivity (Wildman–Crippen MR) is 104 cm³/mol. The molecule has 25 heavy (non-hydrogen) atoms. The number of quaternary nitrogens is 1. The highest BCUT2D eigenvalue weighted by molar-refractivity contribution is 7.17. The van der Waals surface area contributed by atoms with Crippen LogP contribution in [0.4, 0.5) is 0 Å². The Bertz CT molecular complexity index is 853. The topological polar surface area (TPSA) is 46.4 Å². The Kier molecular flexibility index (Phi) is 5.63. The second-order valence-corrected chi connectivity index (χ2v) is 8.06. The van der Waals surface area contributed by atoms with Gasteiger partial charge in [0, 0.05) is 23.1 Å². The fourth-order valence-electron chi connectivity index (χ4n) is 2.66. The minimum absolute atomic E-state index is 0.0523. The number of thiophene rings is 1. The molecule has 0 saturated heterocycles. The molecule has 2 N–H and O–H groups in total. The first-order chi connectivity index (χ1) is 12.0. The molecule has 130 valence electrons. The molecule has 0 aliphatic rings. The summed E-state index contributed by atoms with van der Waals surface area (Å²) in [5, 5.41) is 8.04. The number of aryl methyl sites for hydroxylation is 1. The lowest BCUT2D eigenvalue weighted by atomic mass is 10.1. The summed E-state index contributed by atoms with van der Waals surface area (Å²) in [4.78, 5) is 19.2. The molecule has 3 aromatic rings. The van der Waals surface area contributed by atoms with Crippen LogP contribution in [0.1, 0.15) is 26.5 Å². The van der Waals surface area contributed by atoms with Crippen LogP contribution in [0.3, 0.4) is 0 Å². The molecule has 2 heterocycles. The van der Waals surface area contributed by atoms with Gasteiger partial charge in [-0.1, -0.05) is 24.3 Å². The molecule has 1 aromatic carbocycles. The largest absolute Gasteiger partial charge is 0.347 e. The number of benzene rings is 1. The lowest BCUT2D eigenvalue weighted by Gasteiger charge is -2.12. The summed E-state index contributed by atoms with van der Waals surface area (Å²) < 4.78 is 0. The zero-order chi connectivity index (χ0) is 17.8. The number of rotatable bonds is 6. The van der Waals surface area contributed by atoms with Gasteiger partial charge in [0.05, 0.1) is 19.8 Å². The second-order valence-electron chi connectivity index (χ2n) is 6.28. The molecular weight excluding hydrogens is 350 g/mol. The molecule has 6 heteroatoms. The van der Waals surface area contributed by atoms with E-state index in [0.717, 1.165) is 28.4 Å². The van der Waals surface area contributed by atoms with Crippen LogP contribution in [0.5, 0.6) is 0 Å². The lowest BCUT2D eigenvalue weighted by Crippen LogP contribution is -3.04. The molecule has 0 spiro atoms. The first-order valence-corrected chi connectivity index (χ1v) is 9.94. The molecule has 0 radical (unpaired) electrons. The van der Waals surface area contributed by atoms with Gasteiger partial charge < -0.3 is 10.2 Å².